The third-order valence-electron chi connectivity index (χ3n) is 4.21. The van der Waals surface area contributed by atoms with Gasteiger partial charge in [0.05, 0.1) is 5.75 Å². The van der Waals surface area contributed by atoms with Gasteiger partial charge in [-0.3, -0.25) is 4.72 Å². The Kier molecular flexibility index (Phi) is 4.57. The molecule has 1 aliphatic rings. The van der Waals surface area contributed by atoms with Gasteiger partial charge in [0.25, 0.3) is 0 Å². The molecule has 0 bridgehead atoms. The van der Waals surface area contributed by atoms with Gasteiger partial charge in [-0.25, -0.2) is 8.42 Å². The summed E-state index contributed by atoms with van der Waals surface area (Å²) in [6.07, 6.45) is 2.62. The quantitative estimate of drug-likeness (QED) is 0.917. The Bertz CT molecular complexity index is 773. The predicted octanol–water partition coefficient (Wildman–Crippen LogP) is 3.05. The molecule has 1 heterocycles. The van der Waals surface area contributed by atoms with E-state index in [4.69, 9.17) is 0 Å². The van der Waals surface area contributed by atoms with Crippen molar-refractivity contribution in [1.29, 1.82) is 0 Å². The van der Waals surface area contributed by atoms with Gasteiger partial charge in [-0.15, -0.1) is 0 Å². The fourth-order valence-corrected chi connectivity index (χ4v) is 4.07. The van der Waals surface area contributed by atoms with Gasteiger partial charge in [0.15, 0.2) is 0 Å². The highest BCUT2D eigenvalue weighted by atomic mass is 32.2. The summed E-state index contributed by atoms with van der Waals surface area (Å²) in [7, 11) is -1.27. The zero-order valence-electron chi connectivity index (χ0n) is 13.3. The summed E-state index contributed by atoms with van der Waals surface area (Å²) in [6, 6.07) is 15.5. The van der Waals surface area contributed by atoms with Crippen LogP contribution in [0.1, 0.15) is 17.5 Å². The van der Waals surface area contributed by atoms with Crippen LogP contribution in [-0.2, 0) is 22.9 Å². The molecular weight excluding hydrogens is 308 g/mol. The minimum atomic E-state index is -3.34. The third kappa shape index (κ3) is 4.05. The maximum absolute atomic E-state index is 12.3. The maximum Gasteiger partial charge on any atom is 0.233 e. The van der Waals surface area contributed by atoms with E-state index in [1.165, 1.54) is 11.3 Å². The lowest BCUT2D eigenvalue weighted by molar-refractivity contribution is 0.600. The number of hydrogen-bond acceptors (Lipinski definition) is 3. The molecule has 0 atom stereocenters. The molecule has 0 fully saturated rings. The molecular formula is C18H22N2O2S. The molecule has 122 valence electrons. The molecule has 0 unspecified atom stereocenters. The number of hydrogen-bond donors (Lipinski definition) is 1. The zero-order chi connectivity index (χ0) is 16.3. The fourth-order valence-electron chi connectivity index (χ4n) is 2.98. The number of aryl methyl sites for hydroxylation is 2. The van der Waals surface area contributed by atoms with Gasteiger partial charge in [-0.1, -0.05) is 30.3 Å². The first-order valence-electron chi connectivity index (χ1n) is 7.92. The first kappa shape index (κ1) is 15.9. The SMILES string of the molecule is CN1CCCc2cc(NS(=O)(=O)CCc3ccccc3)ccc21. The van der Waals surface area contributed by atoms with Gasteiger partial charge < -0.3 is 4.90 Å². The summed E-state index contributed by atoms with van der Waals surface area (Å²) in [4.78, 5) is 2.21. The van der Waals surface area contributed by atoms with Gasteiger partial charge >= 0.3 is 0 Å². The van der Waals surface area contributed by atoms with Crippen molar-refractivity contribution < 1.29 is 8.42 Å². The van der Waals surface area contributed by atoms with Gasteiger partial charge in [0.1, 0.15) is 0 Å². The van der Waals surface area contributed by atoms with E-state index in [1.54, 1.807) is 0 Å². The van der Waals surface area contributed by atoms with Crippen molar-refractivity contribution in [2.75, 3.05) is 29.0 Å². The lowest BCUT2D eigenvalue weighted by Gasteiger charge is -2.27. The van der Waals surface area contributed by atoms with Crippen LogP contribution >= 0.6 is 0 Å². The van der Waals surface area contributed by atoms with E-state index in [1.807, 2.05) is 48.5 Å². The monoisotopic (exact) mass is 330 g/mol. The van der Waals surface area contributed by atoms with Crippen molar-refractivity contribution in [3.63, 3.8) is 0 Å². The van der Waals surface area contributed by atoms with Crippen LogP contribution in [-0.4, -0.2) is 27.8 Å². The highest BCUT2D eigenvalue weighted by Crippen LogP contribution is 2.28. The number of fused-ring (bicyclic) bond motifs is 1. The van der Waals surface area contributed by atoms with Crippen molar-refractivity contribution in [1.82, 2.24) is 0 Å². The van der Waals surface area contributed by atoms with E-state index in [0.29, 0.717) is 12.1 Å². The molecule has 0 radical (unpaired) electrons. The molecule has 4 nitrogen and oxygen atoms in total. The van der Waals surface area contributed by atoms with E-state index < -0.39 is 10.0 Å². The zero-order valence-corrected chi connectivity index (χ0v) is 14.1. The molecule has 0 aromatic heterocycles. The molecule has 3 rings (SSSR count). The summed E-state index contributed by atoms with van der Waals surface area (Å²) in [6.45, 7) is 1.05. The van der Waals surface area contributed by atoms with E-state index in [-0.39, 0.29) is 5.75 Å². The van der Waals surface area contributed by atoms with Crippen LogP contribution in [0.25, 0.3) is 0 Å². The van der Waals surface area contributed by atoms with Crippen LogP contribution in [0.2, 0.25) is 0 Å². The molecule has 0 saturated carbocycles. The number of nitrogens with one attached hydrogen (secondary N) is 1. The highest BCUT2D eigenvalue weighted by Gasteiger charge is 2.16. The molecule has 0 spiro atoms. The summed E-state index contributed by atoms with van der Waals surface area (Å²) in [5, 5.41) is 0. The average molecular weight is 330 g/mol. The summed E-state index contributed by atoms with van der Waals surface area (Å²) < 4.78 is 27.3. The second-order valence-corrected chi connectivity index (χ2v) is 7.87. The van der Waals surface area contributed by atoms with Crippen LogP contribution in [0.3, 0.4) is 0 Å². The molecule has 0 amide bonds. The van der Waals surface area contributed by atoms with Crippen LogP contribution in [0.5, 0.6) is 0 Å². The third-order valence-corrected chi connectivity index (χ3v) is 5.49. The van der Waals surface area contributed by atoms with Gasteiger partial charge in [0, 0.05) is 25.0 Å². The van der Waals surface area contributed by atoms with Crippen molar-refractivity contribution >= 4 is 21.4 Å². The lowest BCUT2D eigenvalue weighted by Crippen LogP contribution is -2.25. The van der Waals surface area contributed by atoms with Crippen LogP contribution in [0.15, 0.2) is 48.5 Å². The topological polar surface area (TPSA) is 49.4 Å². The minimum absolute atomic E-state index is 0.0913. The Morgan fingerprint density at radius 2 is 1.91 bits per heavy atom. The normalized spacial score (nSPS) is 14.4. The first-order valence-corrected chi connectivity index (χ1v) is 9.57. The summed E-state index contributed by atoms with van der Waals surface area (Å²) in [5.74, 6) is 0.0913. The Morgan fingerprint density at radius 3 is 2.70 bits per heavy atom. The van der Waals surface area contributed by atoms with Gasteiger partial charge in [-0.05, 0) is 48.6 Å². The number of nitrogens with zero attached hydrogens (tertiary/aromatic N) is 1. The summed E-state index contributed by atoms with van der Waals surface area (Å²) in [5.41, 5.74) is 4.10. The van der Waals surface area contributed by atoms with E-state index in [0.717, 1.165) is 24.9 Å². The molecule has 1 aliphatic heterocycles. The average Bonchev–Trinajstić information content (AvgIpc) is 2.54. The first-order chi connectivity index (χ1) is 11.0. The van der Waals surface area contributed by atoms with E-state index in [2.05, 4.69) is 16.7 Å². The van der Waals surface area contributed by atoms with Gasteiger partial charge in [0.2, 0.25) is 10.0 Å². The smallest absolute Gasteiger partial charge is 0.233 e. The molecule has 2 aromatic carbocycles. The van der Waals surface area contributed by atoms with E-state index >= 15 is 0 Å². The lowest BCUT2D eigenvalue weighted by atomic mass is 10.0. The van der Waals surface area contributed by atoms with Crippen molar-refractivity contribution in [2.45, 2.75) is 19.3 Å². The standard InChI is InChI=1S/C18H22N2O2S/c1-20-12-5-8-16-14-17(9-10-18(16)20)19-23(21,22)13-11-15-6-3-2-4-7-15/h2-4,6-7,9-10,14,19H,5,8,11-13H2,1H3. The molecule has 0 aliphatic carbocycles. The van der Waals surface area contributed by atoms with Crippen LogP contribution in [0, 0.1) is 0 Å². The minimum Gasteiger partial charge on any atom is -0.374 e. The number of anilines is 2. The largest absolute Gasteiger partial charge is 0.374 e. The Morgan fingerprint density at radius 1 is 1.13 bits per heavy atom. The molecule has 0 saturated heterocycles. The molecule has 5 heteroatoms. The Hall–Kier alpha value is -2.01. The molecule has 2 aromatic rings. The second kappa shape index (κ2) is 6.62. The van der Waals surface area contributed by atoms with Crippen LogP contribution < -0.4 is 9.62 Å². The molecule has 23 heavy (non-hydrogen) atoms. The number of benzene rings is 2. The maximum atomic E-state index is 12.3. The van der Waals surface area contributed by atoms with E-state index in [9.17, 15) is 8.42 Å². The Labute approximate surface area is 138 Å². The highest BCUT2D eigenvalue weighted by molar-refractivity contribution is 7.92. The summed E-state index contributed by atoms with van der Waals surface area (Å²) >= 11 is 0. The second-order valence-electron chi connectivity index (χ2n) is 6.03. The predicted molar refractivity (Wildman–Crippen MR) is 95.6 cm³/mol. The van der Waals surface area contributed by atoms with Crippen molar-refractivity contribution in [3.05, 3.63) is 59.7 Å². The van der Waals surface area contributed by atoms with Crippen molar-refractivity contribution in [3.8, 4) is 0 Å². The van der Waals surface area contributed by atoms with Crippen molar-refractivity contribution in [2.24, 2.45) is 0 Å². The Balaban J connectivity index is 1.68. The number of sulfonamides is 1. The van der Waals surface area contributed by atoms with Gasteiger partial charge in [-0.2, -0.15) is 0 Å². The number of rotatable bonds is 5. The fraction of sp³-hybridized carbons (Fsp3) is 0.333. The van der Waals surface area contributed by atoms with Crippen LogP contribution in [0.4, 0.5) is 11.4 Å². The molecule has 1 N–H and O–H groups in total.